The highest BCUT2D eigenvalue weighted by Gasteiger charge is 2.25. The van der Waals surface area contributed by atoms with E-state index in [1.54, 1.807) is 36.4 Å². The molecule has 8 heteroatoms. The summed E-state index contributed by atoms with van der Waals surface area (Å²) < 4.78 is 28.3. The quantitative estimate of drug-likeness (QED) is 0.382. The molecule has 5 nitrogen and oxygen atoms in total. The predicted octanol–water partition coefficient (Wildman–Crippen LogP) is 4.15. The average Bonchev–Trinajstić information content (AvgIpc) is 2.72. The highest BCUT2D eigenvalue weighted by molar-refractivity contribution is 6.01. The summed E-state index contributed by atoms with van der Waals surface area (Å²) in [4.78, 5) is 18.6. The molecule has 0 aromatic heterocycles. The Labute approximate surface area is 180 Å². The molecule has 0 radical (unpaired) electrons. The van der Waals surface area contributed by atoms with Crippen LogP contribution in [0.5, 0.6) is 0 Å². The standard InChI is InChI=1S/C22H24F2N2O3.ClH/c23-19-9-3-1-6-16(19)14-21(18-8-2-4-10-20(18)24)25-29-13-12-26-11-5-7-17(15-26)22(27)28;/h1-4,6,8-10,17H,5,7,11-15H2,(H,27,28);1H/b25-21+;. The molecule has 0 saturated carbocycles. The van der Waals surface area contributed by atoms with Crippen LogP contribution in [-0.2, 0) is 16.1 Å². The van der Waals surface area contributed by atoms with Crippen molar-refractivity contribution in [3.8, 4) is 0 Å². The highest BCUT2D eigenvalue weighted by Crippen LogP contribution is 2.17. The smallest absolute Gasteiger partial charge is 0.307 e. The Kier molecular flexibility index (Phi) is 9.20. The number of rotatable bonds is 8. The second-order valence-corrected chi connectivity index (χ2v) is 7.10. The van der Waals surface area contributed by atoms with Crippen LogP contribution in [0.4, 0.5) is 8.78 Å². The van der Waals surface area contributed by atoms with Gasteiger partial charge in [0.2, 0.25) is 0 Å². The van der Waals surface area contributed by atoms with Crippen molar-refractivity contribution in [1.29, 1.82) is 0 Å². The maximum Gasteiger partial charge on any atom is 0.307 e. The Balaban J connectivity index is 0.00000320. The van der Waals surface area contributed by atoms with E-state index in [0.29, 0.717) is 30.8 Å². The topological polar surface area (TPSA) is 62.1 Å². The van der Waals surface area contributed by atoms with Gasteiger partial charge in [-0.15, -0.1) is 12.4 Å². The summed E-state index contributed by atoms with van der Waals surface area (Å²) in [5, 5.41) is 13.3. The molecule has 1 unspecified atom stereocenters. The first kappa shape index (κ1) is 23.8. The number of piperidine rings is 1. The molecule has 1 aliphatic heterocycles. The molecule has 2 aromatic carbocycles. The molecule has 30 heavy (non-hydrogen) atoms. The third kappa shape index (κ3) is 6.50. The SMILES string of the molecule is Cl.O=C(O)C1CCCN(CCO/N=C(\Cc2ccccc2F)c2ccccc2F)C1. The minimum atomic E-state index is -0.777. The third-order valence-electron chi connectivity index (χ3n) is 5.03. The minimum Gasteiger partial charge on any atom is -0.481 e. The predicted molar refractivity (Wildman–Crippen MR) is 113 cm³/mol. The van der Waals surface area contributed by atoms with E-state index in [1.165, 1.54) is 12.1 Å². The second-order valence-electron chi connectivity index (χ2n) is 7.10. The Hall–Kier alpha value is -2.51. The van der Waals surface area contributed by atoms with Crippen LogP contribution < -0.4 is 0 Å². The van der Waals surface area contributed by atoms with E-state index in [9.17, 15) is 13.6 Å². The van der Waals surface area contributed by atoms with Crippen LogP contribution in [0.3, 0.4) is 0 Å². The van der Waals surface area contributed by atoms with Crippen LogP contribution >= 0.6 is 12.4 Å². The lowest BCUT2D eigenvalue weighted by Gasteiger charge is -2.29. The summed E-state index contributed by atoms with van der Waals surface area (Å²) in [6.07, 6.45) is 1.61. The fourth-order valence-corrected chi connectivity index (χ4v) is 3.45. The van der Waals surface area contributed by atoms with E-state index >= 15 is 0 Å². The zero-order valence-electron chi connectivity index (χ0n) is 16.5. The number of aliphatic carboxylic acids is 1. The summed E-state index contributed by atoms with van der Waals surface area (Å²) in [6, 6.07) is 12.5. The lowest BCUT2D eigenvalue weighted by Crippen LogP contribution is -2.40. The first-order chi connectivity index (χ1) is 14.0. The van der Waals surface area contributed by atoms with Crippen LogP contribution in [0.1, 0.15) is 24.0 Å². The highest BCUT2D eigenvalue weighted by atomic mass is 35.5. The van der Waals surface area contributed by atoms with Gasteiger partial charge in [-0.1, -0.05) is 41.6 Å². The molecular formula is C22H25ClF2N2O3. The molecule has 0 aliphatic carbocycles. The number of oxime groups is 1. The molecule has 1 heterocycles. The monoisotopic (exact) mass is 438 g/mol. The summed E-state index contributed by atoms with van der Waals surface area (Å²) in [6.45, 7) is 2.06. The maximum atomic E-state index is 14.3. The van der Waals surface area contributed by atoms with Crippen molar-refractivity contribution < 1.29 is 23.5 Å². The van der Waals surface area contributed by atoms with Gasteiger partial charge in [0.1, 0.15) is 18.2 Å². The summed E-state index contributed by atoms with van der Waals surface area (Å²) in [5.74, 6) is -1.97. The van der Waals surface area contributed by atoms with Crippen LogP contribution in [-0.4, -0.2) is 47.9 Å². The van der Waals surface area contributed by atoms with E-state index in [0.717, 1.165) is 13.0 Å². The van der Waals surface area contributed by atoms with Crippen molar-refractivity contribution >= 4 is 24.1 Å². The van der Waals surface area contributed by atoms with E-state index in [4.69, 9.17) is 9.94 Å². The van der Waals surface area contributed by atoms with Crippen molar-refractivity contribution in [2.24, 2.45) is 11.1 Å². The average molecular weight is 439 g/mol. The van der Waals surface area contributed by atoms with Gasteiger partial charge in [0.15, 0.2) is 0 Å². The molecule has 0 bridgehead atoms. The molecule has 1 saturated heterocycles. The Morgan fingerprint density at radius 3 is 2.53 bits per heavy atom. The Bertz CT molecular complexity index is 879. The summed E-state index contributed by atoms with van der Waals surface area (Å²) >= 11 is 0. The van der Waals surface area contributed by atoms with Crippen LogP contribution in [0, 0.1) is 17.6 Å². The number of hydrogen-bond acceptors (Lipinski definition) is 4. The number of carboxylic acid groups (broad SMARTS) is 1. The largest absolute Gasteiger partial charge is 0.481 e. The van der Waals surface area contributed by atoms with E-state index in [-0.39, 0.29) is 42.7 Å². The van der Waals surface area contributed by atoms with Gasteiger partial charge >= 0.3 is 5.97 Å². The number of benzene rings is 2. The first-order valence-electron chi connectivity index (χ1n) is 9.67. The van der Waals surface area contributed by atoms with Gasteiger partial charge in [-0.25, -0.2) is 8.78 Å². The van der Waals surface area contributed by atoms with Crippen LogP contribution in [0.2, 0.25) is 0 Å². The molecule has 1 fully saturated rings. The minimum absolute atomic E-state index is 0. The summed E-state index contributed by atoms with van der Waals surface area (Å²) in [5.41, 5.74) is 0.966. The van der Waals surface area contributed by atoms with Gasteiger partial charge in [0.25, 0.3) is 0 Å². The molecule has 0 amide bonds. The molecule has 0 spiro atoms. The molecule has 1 atom stereocenters. The molecule has 162 valence electrons. The van der Waals surface area contributed by atoms with E-state index in [2.05, 4.69) is 5.16 Å². The first-order valence-corrected chi connectivity index (χ1v) is 9.67. The fourth-order valence-electron chi connectivity index (χ4n) is 3.45. The number of halogens is 3. The zero-order valence-corrected chi connectivity index (χ0v) is 17.3. The number of nitrogens with zero attached hydrogens (tertiary/aromatic N) is 2. The Morgan fingerprint density at radius 1 is 1.13 bits per heavy atom. The van der Waals surface area contributed by atoms with Crippen molar-refractivity contribution in [1.82, 2.24) is 4.90 Å². The third-order valence-corrected chi connectivity index (χ3v) is 5.03. The number of carbonyl (C=O) groups is 1. The fraction of sp³-hybridized carbons (Fsp3) is 0.364. The van der Waals surface area contributed by atoms with Crippen molar-refractivity contribution in [2.45, 2.75) is 19.3 Å². The lowest BCUT2D eigenvalue weighted by atomic mass is 9.98. The number of likely N-dealkylation sites (tertiary alicyclic amines) is 1. The molecule has 3 rings (SSSR count). The van der Waals surface area contributed by atoms with Crippen LogP contribution in [0.15, 0.2) is 53.7 Å². The van der Waals surface area contributed by atoms with Gasteiger partial charge < -0.3 is 9.94 Å². The molecular weight excluding hydrogens is 414 g/mol. The van der Waals surface area contributed by atoms with Gasteiger partial charge in [-0.05, 0) is 37.1 Å². The molecule has 2 aromatic rings. The Morgan fingerprint density at radius 2 is 1.83 bits per heavy atom. The van der Waals surface area contributed by atoms with Gasteiger partial charge in [-0.3, -0.25) is 9.69 Å². The molecule has 1 aliphatic rings. The van der Waals surface area contributed by atoms with Gasteiger partial charge in [0.05, 0.1) is 11.6 Å². The second kappa shape index (κ2) is 11.6. The van der Waals surface area contributed by atoms with Crippen molar-refractivity contribution in [3.63, 3.8) is 0 Å². The van der Waals surface area contributed by atoms with Gasteiger partial charge in [0, 0.05) is 25.1 Å². The maximum absolute atomic E-state index is 14.3. The number of hydrogen-bond donors (Lipinski definition) is 1. The van der Waals surface area contributed by atoms with E-state index in [1.807, 2.05) is 4.90 Å². The van der Waals surface area contributed by atoms with E-state index < -0.39 is 11.8 Å². The number of carboxylic acids is 1. The zero-order chi connectivity index (χ0) is 20.6. The molecule has 1 N–H and O–H groups in total. The van der Waals surface area contributed by atoms with Crippen molar-refractivity contribution in [3.05, 3.63) is 71.3 Å². The lowest BCUT2D eigenvalue weighted by molar-refractivity contribution is -0.143. The summed E-state index contributed by atoms with van der Waals surface area (Å²) in [7, 11) is 0. The normalized spacial score (nSPS) is 17.3. The van der Waals surface area contributed by atoms with Crippen LogP contribution in [0.25, 0.3) is 0 Å². The van der Waals surface area contributed by atoms with Gasteiger partial charge in [-0.2, -0.15) is 0 Å². The van der Waals surface area contributed by atoms with Crippen molar-refractivity contribution in [2.75, 3.05) is 26.2 Å².